The van der Waals surface area contributed by atoms with Crippen LogP contribution in [0.15, 0.2) is 31.1 Å². The molecule has 0 aromatic carbocycles. The molecular weight excluding hydrogens is 220 g/mol. The molecule has 2 heterocycles. The van der Waals surface area contributed by atoms with E-state index in [0.29, 0.717) is 11.5 Å². The number of esters is 1. The number of methoxy groups -OCH3 is 1. The molecule has 0 spiro atoms. The van der Waals surface area contributed by atoms with Crippen LogP contribution in [0.3, 0.4) is 0 Å². The maximum atomic E-state index is 10.8. The molecule has 17 heavy (non-hydrogen) atoms. The molecule has 2 rings (SSSR count). The van der Waals surface area contributed by atoms with Gasteiger partial charge in [0.1, 0.15) is 6.33 Å². The van der Waals surface area contributed by atoms with Gasteiger partial charge in [0.05, 0.1) is 12.7 Å². The lowest BCUT2D eigenvalue weighted by Crippen LogP contribution is -1.98. The van der Waals surface area contributed by atoms with Crippen LogP contribution < -0.4 is 0 Å². The monoisotopic (exact) mass is 228 g/mol. The second-order valence-electron chi connectivity index (χ2n) is 2.98. The van der Waals surface area contributed by atoms with Crippen LogP contribution in [0.2, 0.25) is 0 Å². The van der Waals surface area contributed by atoms with Crippen LogP contribution in [0.5, 0.6) is 0 Å². The lowest BCUT2D eigenvalue weighted by molar-refractivity contribution is -0.133. The highest BCUT2D eigenvalue weighted by Crippen LogP contribution is 1.99. The van der Waals surface area contributed by atoms with Crippen molar-refractivity contribution in [2.24, 2.45) is 0 Å². The van der Waals surface area contributed by atoms with Crippen molar-refractivity contribution in [1.29, 1.82) is 0 Å². The highest BCUT2D eigenvalue weighted by molar-refractivity contribution is 5.88. The average molecular weight is 228 g/mol. The summed E-state index contributed by atoms with van der Waals surface area (Å²) in [5, 5.41) is 0. The quantitative estimate of drug-likeness (QED) is 0.514. The molecule has 0 saturated heterocycles. The summed E-state index contributed by atoms with van der Waals surface area (Å²) in [7, 11) is 1.27. The molecule has 0 fully saturated rings. The summed E-state index contributed by atoms with van der Waals surface area (Å²) in [5.74, 6) is 4.78. The van der Waals surface area contributed by atoms with Crippen molar-refractivity contribution in [1.82, 2.24) is 19.5 Å². The summed E-state index contributed by atoms with van der Waals surface area (Å²) in [6, 6.07) is 0. The molecule has 0 atom stereocenters. The van der Waals surface area contributed by atoms with Crippen LogP contribution in [-0.4, -0.2) is 32.6 Å². The minimum absolute atomic E-state index is 0.492. The Bertz CT molecular complexity index is 564. The molecule has 0 radical (unpaired) electrons. The molecule has 0 bridgehead atoms. The standard InChI is InChI=1S/C11H8N4O2/c1-17-10(16)3-2-9-6-13-11(14-7-9)15-5-4-12-8-15/h4-8H,1H3. The van der Waals surface area contributed by atoms with Gasteiger partial charge < -0.3 is 4.74 Å². The average Bonchev–Trinajstić information content (AvgIpc) is 2.90. The zero-order chi connectivity index (χ0) is 12.1. The predicted octanol–water partition coefficient (Wildman–Crippen LogP) is 0.187. The van der Waals surface area contributed by atoms with Crippen molar-refractivity contribution >= 4 is 5.97 Å². The maximum absolute atomic E-state index is 10.8. The first-order chi connectivity index (χ1) is 8.29. The van der Waals surface area contributed by atoms with E-state index in [9.17, 15) is 4.79 Å². The van der Waals surface area contributed by atoms with E-state index in [-0.39, 0.29) is 0 Å². The molecular formula is C11H8N4O2. The molecule has 0 unspecified atom stereocenters. The van der Waals surface area contributed by atoms with Gasteiger partial charge in [0, 0.05) is 30.7 Å². The molecule has 6 nitrogen and oxygen atoms in total. The first kappa shape index (κ1) is 10.8. The third-order valence-electron chi connectivity index (χ3n) is 1.87. The van der Waals surface area contributed by atoms with Gasteiger partial charge in [-0.1, -0.05) is 5.92 Å². The number of imidazole rings is 1. The van der Waals surface area contributed by atoms with E-state index in [1.807, 2.05) is 0 Å². The number of aromatic nitrogens is 4. The van der Waals surface area contributed by atoms with Gasteiger partial charge in [-0.25, -0.2) is 19.7 Å². The summed E-state index contributed by atoms with van der Waals surface area (Å²) >= 11 is 0. The third-order valence-corrected chi connectivity index (χ3v) is 1.87. The molecule has 2 aromatic rings. The summed E-state index contributed by atoms with van der Waals surface area (Å²) in [6.45, 7) is 0. The second kappa shape index (κ2) is 4.90. The number of ether oxygens (including phenoxy) is 1. The van der Waals surface area contributed by atoms with Gasteiger partial charge in [-0.2, -0.15) is 0 Å². The number of nitrogens with zero attached hydrogens (tertiary/aromatic N) is 4. The van der Waals surface area contributed by atoms with Crippen molar-refractivity contribution < 1.29 is 9.53 Å². The van der Waals surface area contributed by atoms with Gasteiger partial charge in [0.25, 0.3) is 0 Å². The SMILES string of the molecule is COC(=O)C#Cc1cnc(-n2ccnc2)nc1. The fraction of sp³-hybridized carbons (Fsp3) is 0.0909. The van der Waals surface area contributed by atoms with Crippen LogP contribution in [0.25, 0.3) is 5.95 Å². The van der Waals surface area contributed by atoms with E-state index in [0.717, 1.165) is 0 Å². The smallest absolute Gasteiger partial charge is 0.384 e. The van der Waals surface area contributed by atoms with Gasteiger partial charge in [0.2, 0.25) is 5.95 Å². The Morgan fingerprint density at radius 3 is 2.76 bits per heavy atom. The van der Waals surface area contributed by atoms with Crippen molar-refractivity contribution in [3.05, 3.63) is 36.7 Å². The Morgan fingerprint density at radius 1 is 1.41 bits per heavy atom. The van der Waals surface area contributed by atoms with Gasteiger partial charge in [-0.3, -0.25) is 4.57 Å². The summed E-state index contributed by atoms with van der Waals surface area (Å²) in [6.07, 6.45) is 8.01. The molecule has 84 valence electrons. The van der Waals surface area contributed by atoms with Gasteiger partial charge in [-0.05, 0) is 0 Å². The van der Waals surface area contributed by atoms with Gasteiger partial charge in [0.15, 0.2) is 0 Å². The predicted molar refractivity (Wildman–Crippen MR) is 58.0 cm³/mol. The molecule has 6 heteroatoms. The van der Waals surface area contributed by atoms with Crippen LogP contribution >= 0.6 is 0 Å². The lowest BCUT2D eigenvalue weighted by atomic mass is 10.3. The zero-order valence-electron chi connectivity index (χ0n) is 8.99. The summed E-state index contributed by atoms with van der Waals surface area (Å²) < 4.78 is 6.05. The highest BCUT2D eigenvalue weighted by atomic mass is 16.5. The van der Waals surface area contributed by atoms with E-state index >= 15 is 0 Å². The number of carbonyl (C=O) groups is 1. The number of hydrogen-bond acceptors (Lipinski definition) is 5. The molecule has 0 amide bonds. The van der Waals surface area contributed by atoms with Crippen LogP contribution in [0, 0.1) is 11.8 Å². The number of carbonyl (C=O) groups excluding carboxylic acids is 1. The first-order valence-corrected chi connectivity index (χ1v) is 4.70. The Morgan fingerprint density at radius 2 is 2.18 bits per heavy atom. The molecule has 0 aliphatic rings. The highest BCUT2D eigenvalue weighted by Gasteiger charge is 1.98. The molecule has 0 aliphatic carbocycles. The van der Waals surface area contributed by atoms with Gasteiger partial charge >= 0.3 is 5.97 Å². The van der Waals surface area contributed by atoms with E-state index < -0.39 is 5.97 Å². The van der Waals surface area contributed by atoms with E-state index in [1.54, 1.807) is 23.3 Å². The van der Waals surface area contributed by atoms with E-state index in [2.05, 4.69) is 31.5 Å². The van der Waals surface area contributed by atoms with Crippen molar-refractivity contribution in [2.75, 3.05) is 7.11 Å². The topological polar surface area (TPSA) is 69.9 Å². The second-order valence-corrected chi connectivity index (χ2v) is 2.98. The van der Waals surface area contributed by atoms with E-state index in [1.165, 1.54) is 19.5 Å². The molecule has 0 aliphatic heterocycles. The molecule has 0 N–H and O–H groups in total. The fourth-order valence-electron chi connectivity index (χ4n) is 1.07. The van der Waals surface area contributed by atoms with Crippen molar-refractivity contribution in [3.8, 4) is 17.8 Å². The Hall–Kier alpha value is -2.68. The third kappa shape index (κ3) is 2.66. The summed E-state index contributed by atoms with van der Waals surface area (Å²) in [4.78, 5) is 22.8. The fourth-order valence-corrected chi connectivity index (χ4v) is 1.07. The number of rotatable bonds is 1. The number of hydrogen-bond donors (Lipinski definition) is 0. The largest absolute Gasteiger partial charge is 0.459 e. The Labute approximate surface area is 97.3 Å². The van der Waals surface area contributed by atoms with Crippen molar-refractivity contribution in [2.45, 2.75) is 0 Å². The van der Waals surface area contributed by atoms with Gasteiger partial charge in [-0.15, -0.1) is 0 Å². The first-order valence-electron chi connectivity index (χ1n) is 4.70. The zero-order valence-corrected chi connectivity index (χ0v) is 8.99. The lowest BCUT2D eigenvalue weighted by Gasteiger charge is -1.97. The summed E-state index contributed by atoms with van der Waals surface area (Å²) in [5.41, 5.74) is 0.541. The van der Waals surface area contributed by atoms with E-state index in [4.69, 9.17) is 0 Å². The minimum Gasteiger partial charge on any atom is -0.459 e. The maximum Gasteiger partial charge on any atom is 0.384 e. The van der Waals surface area contributed by atoms with Crippen molar-refractivity contribution in [3.63, 3.8) is 0 Å². The Balaban J connectivity index is 2.18. The molecule has 0 saturated carbocycles. The molecule has 2 aromatic heterocycles. The Kier molecular flexibility index (Phi) is 3.12. The van der Waals surface area contributed by atoms with Crippen LogP contribution in [0.1, 0.15) is 5.56 Å². The normalized spacial score (nSPS) is 9.24. The van der Waals surface area contributed by atoms with Crippen LogP contribution in [-0.2, 0) is 9.53 Å². The minimum atomic E-state index is -0.594. The van der Waals surface area contributed by atoms with Crippen LogP contribution in [0.4, 0.5) is 0 Å².